The number of carbonyl (C=O) groups is 3. The Kier molecular flexibility index (Phi) is 9.40. The third-order valence-corrected chi connectivity index (χ3v) is 20.6. The maximum absolute atomic E-state index is 14.8. The summed E-state index contributed by atoms with van der Waals surface area (Å²) in [4.78, 5) is 41.4. The molecule has 0 saturated carbocycles. The van der Waals surface area contributed by atoms with Crippen molar-refractivity contribution in [1.82, 2.24) is 10.2 Å². The number of hydrogen-bond donors (Lipinski definition) is 1. The van der Waals surface area contributed by atoms with Gasteiger partial charge in [0, 0.05) is 0 Å². The number of ether oxygens (including phenoxy) is 1. The van der Waals surface area contributed by atoms with Crippen molar-refractivity contribution in [2.75, 3.05) is 11.9 Å². The summed E-state index contributed by atoms with van der Waals surface area (Å²) >= 11 is 4.46. The second-order valence-corrected chi connectivity index (χ2v) is 22.8. The number of β-lactam (4-membered cyclic amide) rings is 1. The molecule has 0 bridgehead atoms. The van der Waals surface area contributed by atoms with Gasteiger partial charge in [-0.1, -0.05) is 0 Å². The molecule has 2 amide bonds. The van der Waals surface area contributed by atoms with E-state index in [1.165, 1.54) is 4.90 Å². The molecule has 10 heteroatoms. The third kappa shape index (κ3) is 5.73. The molecule has 252 valence electrons. The predicted molar refractivity (Wildman–Crippen MR) is 203 cm³/mol. The molecule has 1 N–H and O–H groups in total. The van der Waals surface area contributed by atoms with Gasteiger partial charge in [-0.2, -0.15) is 0 Å². The van der Waals surface area contributed by atoms with Crippen molar-refractivity contribution >= 4 is 65.8 Å². The molecule has 0 aliphatic carbocycles. The molecule has 2 aliphatic heterocycles. The first-order valence-corrected chi connectivity index (χ1v) is 22.0. The number of esters is 1. The molecule has 50 heavy (non-hydrogen) atoms. The van der Waals surface area contributed by atoms with E-state index in [-0.39, 0.29) is 17.6 Å². The van der Waals surface area contributed by atoms with E-state index in [0.717, 1.165) is 27.0 Å². The van der Waals surface area contributed by atoms with Gasteiger partial charge in [-0.3, -0.25) is 0 Å². The molecule has 0 aromatic heterocycles. The molecule has 0 radical (unpaired) electrons. The Morgan fingerprint density at radius 3 is 1.62 bits per heavy atom. The average Bonchev–Trinajstić information content (AvgIpc) is 3.17. The van der Waals surface area contributed by atoms with Gasteiger partial charge in [-0.05, 0) is 0 Å². The minimum atomic E-state index is -3.71. The van der Waals surface area contributed by atoms with Crippen LogP contribution in [0, 0.1) is 0 Å². The topological polar surface area (TPSA) is 92.8 Å². The van der Waals surface area contributed by atoms with Crippen LogP contribution in [0.4, 0.5) is 0 Å². The molecule has 5 aromatic rings. The first kappa shape index (κ1) is 33.8. The molecule has 2 heterocycles. The number of nitrogens with zero attached hydrogens (tertiary/aromatic N) is 1. The average molecular weight is 766 g/mol. The Hall–Kier alpha value is -4.69. The van der Waals surface area contributed by atoms with Crippen molar-refractivity contribution in [3.63, 3.8) is 0 Å². The van der Waals surface area contributed by atoms with Gasteiger partial charge in [-0.25, -0.2) is 0 Å². The van der Waals surface area contributed by atoms with Crippen molar-refractivity contribution in [2.45, 2.75) is 17.5 Å². The number of fused-ring (bicyclic) bond motifs is 1. The van der Waals surface area contributed by atoms with Crippen LogP contribution in [-0.4, -0.2) is 50.7 Å². The fourth-order valence-electron chi connectivity index (χ4n) is 7.10. The van der Waals surface area contributed by atoms with E-state index in [0.29, 0.717) is 12.0 Å². The van der Waals surface area contributed by atoms with Gasteiger partial charge in [0.05, 0.1) is 0 Å². The number of nitrogens with one attached hydrogen (secondary N) is 1. The van der Waals surface area contributed by atoms with Crippen LogP contribution in [0.15, 0.2) is 163 Å². The van der Waals surface area contributed by atoms with Crippen molar-refractivity contribution in [1.29, 1.82) is 0 Å². The number of halogens is 1. The van der Waals surface area contributed by atoms with Gasteiger partial charge in [0.25, 0.3) is 0 Å². The van der Waals surface area contributed by atoms with E-state index in [9.17, 15) is 18.6 Å². The van der Waals surface area contributed by atoms with Crippen LogP contribution >= 0.6 is 20.8 Å². The number of carbonyl (C=O) groups excluding carboxylic acids is 3. The van der Waals surface area contributed by atoms with E-state index >= 15 is 0 Å². The fourth-order valence-corrected chi connectivity index (χ4v) is 16.8. The minimum absolute atomic E-state index is 0.00720. The molecule has 1 fully saturated rings. The Morgan fingerprint density at radius 1 is 0.780 bits per heavy atom. The number of hydrogen-bond acceptors (Lipinski definition) is 5. The molecule has 0 unspecified atom stereocenters. The van der Waals surface area contributed by atoms with Crippen LogP contribution in [0.1, 0.15) is 17.2 Å². The number of rotatable bonds is 11. The van der Waals surface area contributed by atoms with Crippen LogP contribution in [0.2, 0.25) is 0 Å². The summed E-state index contributed by atoms with van der Waals surface area (Å²) in [6.07, 6.45) is -0.0922. The summed E-state index contributed by atoms with van der Waals surface area (Å²) in [7, 11) is -1.64. The number of benzene rings is 5. The molecule has 1 saturated heterocycles. The summed E-state index contributed by atoms with van der Waals surface area (Å²) < 4.78 is 20.5. The van der Waals surface area contributed by atoms with Crippen LogP contribution < -0.4 is 21.2 Å². The van der Waals surface area contributed by atoms with Crippen LogP contribution in [0.25, 0.3) is 0 Å². The SMILES string of the molecule is O=CN[C@@H]1C(=O)N2C(C(=O)OC(c3ccccc3)c3ccccc3)=C(CP(Br)(c3ccccc3)(c3ccccc3)c3ccccc3)C[S@](=O)[C@H]12. The Balaban J connectivity index is 1.45. The van der Waals surface area contributed by atoms with Crippen molar-refractivity contribution in [3.05, 3.63) is 174 Å². The second-order valence-electron chi connectivity index (χ2n) is 12.3. The van der Waals surface area contributed by atoms with Crippen LogP contribution in [-0.2, 0) is 29.9 Å². The molecule has 7 nitrogen and oxygen atoms in total. The summed E-state index contributed by atoms with van der Waals surface area (Å²) in [6, 6.07) is 48.1. The fraction of sp³-hybridized carbons (Fsp3) is 0.125. The molecular weight excluding hydrogens is 731 g/mol. The first-order chi connectivity index (χ1) is 24.3. The predicted octanol–water partition coefficient (Wildman–Crippen LogP) is 5.46. The Labute approximate surface area is 301 Å². The van der Waals surface area contributed by atoms with Crippen molar-refractivity contribution in [2.24, 2.45) is 0 Å². The van der Waals surface area contributed by atoms with E-state index in [2.05, 4.69) is 57.2 Å². The van der Waals surface area contributed by atoms with E-state index in [1.54, 1.807) is 0 Å². The van der Waals surface area contributed by atoms with Gasteiger partial charge >= 0.3 is 303 Å². The first-order valence-electron chi connectivity index (χ1n) is 16.2. The van der Waals surface area contributed by atoms with Gasteiger partial charge in [0.2, 0.25) is 0 Å². The molecule has 3 atom stereocenters. The summed E-state index contributed by atoms with van der Waals surface area (Å²) in [5.41, 5.74) is 2.13. The zero-order valence-corrected chi connectivity index (χ0v) is 30.2. The van der Waals surface area contributed by atoms with E-state index in [4.69, 9.17) is 4.74 Å². The van der Waals surface area contributed by atoms with Gasteiger partial charge in [0.15, 0.2) is 0 Å². The molecule has 0 spiro atoms. The van der Waals surface area contributed by atoms with E-state index in [1.807, 2.05) is 115 Å². The van der Waals surface area contributed by atoms with Crippen molar-refractivity contribution in [3.8, 4) is 0 Å². The van der Waals surface area contributed by atoms with E-state index < -0.39 is 45.5 Å². The zero-order valence-electron chi connectivity index (χ0n) is 26.9. The van der Waals surface area contributed by atoms with Gasteiger partial charge in [0.1, 0.15) is 0 Å². The maximum atomic E-state index is 14.8. The molecule has 2 aliphatic rings. The molecule has 5 aromatic carbocycles. The molecule has 7 rings (SSSR count). The van der Waals surface area contributed by atoms with Gasteiger partial charge < -0.3 is 0 Å². The Morgan fingerprint density at radius 2 is 1.20 bits per heavy atom. The quantitative estimate of drug-likeness (QED) is 0.0836. The van der Waals surface area contributed by atoms with Crippen molar-refractivity contribution < 1.29 is 23.3 Å². The second kappa shape index (κ2) is 13.9. The molecular formula is C40H34BrN2O5PS. The number of amides is 2. The summed E-state index contributed by atoms with van der Waals surface area (Å²) in [5, 5.41) is 0.923. The summed E-state index contributed by atoms with van der Waals surface area (Å²) in [5.74, 6) is -1.21. The normalized spacial score (nSPS) is 19.5. The monoisotopic (exact) mass is 764 g/mol. The van der Waals surface area contributed by atoms with Gasteiger partial charge in [-0.15, -0.1) is 0 Å². The zero-order chi connectivity index (χ0) is 34.7. The van der Waals surface area contributed by atoms with Crippen LogP contribution in [0.5, 0.6) is 0 Å². The Bertz CT molecular complexity index is 1950. The van der Waals surface area contributed by atoms with Crippen LogP contribution in [0.3, 0.4) is 0 Å². The standard InChI is InChI=1S/C40H34BrN2O5PS/c41-49(32-20-10-3-11-21-32,33-22-12-4-13-23-33,34-24-14-5-15-25-34)26-31-27-50(47)39-35(42-28-44)38(45)43(39)36(31)40(46)48-37(29-16-6-1-7-17-29)30-18-8-2-9-19-30/h1-25,28,35,37,39H,26-27H2,(H,42,44)/t35-,39-,50+/m1/s1. The summed E-state index contributed by atoms with van der Waals surface area (Å²) in [6.45, 7) is 0. The third-order valence-electron chi connectivity index (χ3n) is 9.45.